The largest absolute Gasteiger partial charge is 0.391 e. The van der Waals surface area contributed by atoms with Crippen LogP contribution in [0.4, 0.5) is 5.00 Å². The fraction of sp³-hybridized carbons (Fsp3) is 0.0588. The summed E-state index contributed by atoms with van der Waals surface area (Å²) in [4.78, 5) is 1.27. The van der Waals surface area contributed by atoms with Gasteiger partial charge in [-0.05, 0) is 35.2 Å². The Hall–Kier alpha value is -2.06. The maximum atomic E-state index is 5.86. The highest BCUT2D eigenvalue weighted by molar-refractivity contribution is 7.16. The Balaban J connectivity index is 1.98. The fourth-order valence-electron chi connectivity index (χ4n) is 2.26. The molecule has 0 amide bonds. The molecule has 0 radical (unpaired) electrons. The molecule has 94 valence electrons. The Morgan fingerprint density at radius 3 is 1.95 bits per heavy atom. The molecule has 0 saturated carbocycles. The molecule has 2 N–H and O–H groups in total. The minimum absolute atomic E-state index is 0.875. The molecule has 0 spiro atoms. The van der Waals surface area contributed by atoms with Crippen molar-refractivity contribution in [2.45, 2.75) is 6.92 Å². The summed E-state index contributed by atoms with van der Waals surface area (Å²) in [5.41, 5.74) is 10.8. The first-order valence-electron chi connectivity index (χ1n) is 6.26. The maximum absolute atomic E-state index is 5.86. The lowest BCUT2D eigenvalue weighted by molar-refractivity contribution is 1.57. The highest BCUT2D eigenvalue weighted by Gasteiger charge is 2.06. The molecule has 0 fully saturated rings. The highest BCUT2D eigenvalue weighted by Crippen LogP contribution is 2.33. The number of benzene rings is 2. The van der Waals surface area contributed by atoms with Gasteiger partial charge < -0.3 is 5.73 Å². The van der Waals surface area contributed by atoms with E-state index in [2.05, 4.69) is 61.5 Å². The van der Waals surface area contributed by atoms with Gasteiger partial charge in [-0.3, -0.25) is 0 Å². The number of thiophene rings is 1. The monoisotopic (exact) mass is 265 g/mol. The molecule has 3 rings (SSSR count). The summed E-state index contributed by atoms with van der Waals surface area (Å²) in [5.74, 6) is 0. The van der Waals surface area contributed by atoms with Crippen molar-refractivity contribution in [3.05, 3.63) is 65.5 Å². The van der Waals surface area contributed by atoms with E-state index in [0.29, 0.717) is 0 Å². The van der Waals surface area contributed by atoms with E-state index in [4.69, 9.17) is 5.73 Å². The summed E-state index contributed by atoms with van der Waals surface area (Å²) < 4.78 is 0. The Bertz CT molecular complexity index is 681. The second-order valence-electron chi connectivity index (χ2n) is 4.56. The predicted octanol–water partition coefficient (Wildman–Crippen LogP) is 4.97. The van der Waals surface area contributed by atoms with Crippen LogP contribution in [0.5, 0.6) is 0 Å². The smallest absolute Gasteiger partial charge is 0.0865 e. The minimum Gasteiger partial charge on any atom is -0.391 e. The first-order chi connectivity index (χ1) is 9.24. The molecule has 0 aliphatic heterocycles. The van der Waals surface area contributed by atoms with Crippen LogP contribution in [0.2, 0.25) is 0 Å². The van der Waals surface area contributed by atoms with Gasteiger partial charge in [-0.1, -0.05) is 54.6 Å². The van der Waals surface area contributed by atoms with Crippen LogP contribution >= 0.6 is 11.3 Å². The zero-order valence-corrected chi connectivity index (χ0v) is 11.6. The number of hydrogen-bond acceptors (Lipinski definition) is 2. The van der Waals surface area contributed by atoms with Gasteiger partial charge >= 0.3 is 0 Å². The average Bonchev–Trinajstić information content (AvgIpc) is 2.79. The summed E-state index contributed by atoms with van der Waals surface area (Å²) in [7, 11) is 0. The van der Waals surface area contributed by atoms with E-state index in [1.807, 2.05) is 6.07 Å². The molecule has 0 unspecified atom stereocenters. The number of hydrogen-bond donors (Lipinski definition) is 1. The summed E-state index contributed by atoms with van der Waals surface area (Å²) >= 11 is 1.64. The quantitative estimate of drug-likeness (QED) is 0.695. The molecule has 0 aliphatic rings. The van der Waals surface area contributed by atoms with Crippen molar-refractivity contribution in [2.75, 3.05) is 5.73 Å². The minimum atomic E-state index is 0.875. The van der Waals surface area contributed by atoms with Gasteiger partial charge in [0.05, 0.1) is 5.00 Å². The molecule has 0 bridgehead atoms. The average molecular weight is 265 g/mol. The lowest BCUT2D eigenvalue weighted by Crippen LogP contribution is -1.80. The number of nitrogen functional groups attached to an aromatic ring is 1. The van der Waals surface area contributed by atoms with E-state index < -0.39 is 0 Å². The second-order valence-corrected chi connectivity index (χ2v) is 5.85. The summed E-state index contributed by atoms with van der Waals surface area (Å²) in [5, 5.41) is 0.875. The van der Waals surface area contributed by atoms with E-state index in [1.54, 1.807) is 11.3 Å². The highest BCUT2D eigenvalue weighted by atomic mass is 32.1. The Morgan fingerprint density at radius 1 is 0.789 bits per heavy atom. The lowest BCUT2D eigenvalue weighted by atomic mass is 10.0. The molecule has 1 heterocycles. The molecule has 2 aromatic carbocycles. The molecule has 1 nitrogen and oxygen atoms in total. The van der Waals surface area contributed by atoms with Crippen LogP contribution in [0.15, 0.2) is 60.7 Å². The van der Waals surface area contributed by atoms with Gasteiger partial charge in [-0.15, -0.1) is 11.3 Å². The third kappa shape index (κ3) is 2.40. The van der Waals surface area contributed by atoms with E-state index >= 15 is 0 Å². The Labute approximate surface area is 117 Å². The predicted molar refractivity (Wildman–Crippen MR) is 84.3 cm³/mol. The zero-order chi connectivity index (χ0) is 13.2. The lowest BCUT2D eigenvalue weighted by Gasteiger charge is -2.04. The van der Waals surface area contributed by atoms with Crippen molar-refractivity contribution >= 4 is 16.3 Å². The van der Waals surface area contributed by atoms with Crippen LogP contribution in [-0.4, -0.2) is 0 Å². The van der Waals surface area contributed by atoms with Crippen molar-refractivity contribution in [2.24, 2.45) is 0 Å². The zero-order valence-electron chi connectivity index (χ0n) is 10.8. The molecule has 3 aromatic rings. The number of anilines is 1. The van der Waals surface area contributed by atoms with E-state index in [0.717, 1.165) is 5.00 Å². The van der Waals surface area contributed by atoms with Crippen LogP contribution in [0.3, 0.4) is 0 Å². The van der Waals surface area contributed by atoms with E-state index in [1.165, 1.54) is 27.1 Å². The molecule has 2 heteroatoms. The standard InChI is InChI=1S/C17H15NS/c1-12-16(11-17(18)19-12)15-9-7-14(8-10-15)13-5-3-2-4-6-13/h2-11H,18H2,1H3. The molecular weight excluding hydrogens is 250 g/mol. The van der Waals surface area contributed by atoms with Gasteiger partial charge in [0, 0.05) is 4.88 Å². The summed E-state index contributed by atoms with van der Waals surface area (Å²) in [6.45, 7) is 2.11. The normalized spacial score (nSPS) is 10.6. The van der Waals surface area contributed by atoms with Gasteiger partial charge in [-0.2, -0.15) is 0 Å². The van der Waals surface area contributed by atoms with Crippen molar-refractivity contribution in [3.63, 3.8) is 0 Å². The second kappa shape index (κ2) is 4.90. The molecule has 0 saturated heterocycles. The molecule has 0 atom stereocenters. The van der Waals surface area contributed by atoms with E-state index in [9.17, 15) is 0 Å². The molecule has 19 heavy (non-hydrogen) atoms. The van der Waals surface area contributed by atoms with Gasteiger partial charge in [0.1, 0.15) is 0 Å². The van der Waals surface area contributed by atoms with Gasteiger partial charge in [0.2, 0.25) is 0 Å². The molecular formula is C17H15NS. The SMILES string of the molecule is Cc1sc(N)cc1-c1ccc(-c2ccccc2)cc1. The maximum Gasteiger partial charge on any atom is 0.0865 e. The van der Waals surface area contributed by atoms with Crippen molar-refractivity contribution in [3.8, 4) is 22.3 Å². The van der Waals surface area contributed by atoms with Gasteiger partial charge in [0.25, 0.3) is 0 Å². The topological polar surface area (TPSA) is 26.0 Å². The fourth-order valence-corrected chi connectivity index (χ4v) is 3.08. The number of nitrogens with two attached hydrogens (primary N) is 1. The first-order valence-corrected chi connectivity index (χ1v) is 7.07. The van der Waals surface area contributed by atoms with Gasteiger partial charge in [-0.25, -0.2) is 0 Å². The Kier molecular flexibility index (Phi) is 3.10. The van der Waals surface area contributed by atoms with Gasteiger partial charge in [0.15, 0.2) is 0 Å². The molecule has 1 aromatic heterocycles. The third-order valence-electron chi connectivity index (χ3n) is 3.24. The van der Waals surface area contributed by atoms with Crippen LogP contribution in [-0.2, 0) is 0 Å². The van der Waals surface area contributed by atoms with Crippen molar-refractivity contribution in [1.29, 1.82) is 0 Å². The van der Waals surface area contributed by atoms with Crippen LogP contribution in [0.1, 0.15) is 4.88 Å². The number of aryl methyl sites for hydroxylation is 1. The molecule has 0 aliphatic carbocycles. The van der Waals surface area contributed by atoms with Crippen LogP contribution in [0, 0.1) is 6.92 Å². The van der Waals surface area contributed by atoms with Crippen LogP contribution in [0.25, 0.3) is 22.3 Å². The first kappa shape index (κ1) is 12.0. The number of rotatable bonds is 2. The van der Waals surface area contributed by atoms with Crippen LogP contribution < -0.4 is 5.73 Å². The third-order valence-corrected chi connectivity index (χ3v) is 4.12. The van der Waals surface area contributed by atoms with Crippen molar-refractivity contribution < 1.29 is 0 Å². The van der Waals surface area contributed by atoms with E-state index in [-0.39, 0.29) is 0 Å². The Morgan fingerprint density at radius 2 is 1.37 bits per heavy atom. The van der Waals surface area contributed by atoms with Crippen molar-refractivity contribution in [1.82, 2.24) is 0 Å². The summed E-state index contributed by atoms with van der Waals surface area (Å²) in [6.07, 6.45) is 0. The summed E-state index contributed by atoms with van der Waals surface area (Å²) in [6, 6.07) is 21.1.